The Bertz CT molecular complexity index is 338. The van der Waals surface area contributed by atoms with Gasteiger partial charge in [0.1, 0.15) is 0 Å². The lowest BCUT2D eigenvalue weighted by atomic mass is 9.94. The number of hydrogen-bond donors (Lipinski definition) is 0. The Labute approximate surface area is 127 Å². The van der Waals surface area contributed by atoms with Gasteiger partial charge in [0.15, 0.2) is 0 Å². The van der Waals surface area contributed by atoms with E-state index in [0.717, 1.165) is 5.92 Å². The summed E-state index contributed by atoms with van der Waals surface area (Å²) in [6.45, 7) is 2.30. The van der Waals surface area contributed by atoms with Gasteiger partial charge in [0.25, 0.3) is 0 Å². The van der Waals surface area contributed by atoms with Crippen molar-refractivity contribution in [2.45, 2.75) is 64.2 Å². The van der Waals surface area contributed by atoms with E-state index < -0.39 is 0 Å². The van der Waals surface area contributed by atoms with E-state index in [-0.39, 0.29) is 0 Å². The molecule has 20 heavy (non-hydrogen) atoms. The van der Waals surface area contributed by atoms with Crippen LogP contribution in [0.1, 0.15) is 69.8 Å². The highest BCUT2D eigenvalue weighted by atomic mass is 31.1. The van der Waals surface area contributed by atoms with Crippen LogP contribution in [-0.2, 0) is 0 Å². The molecular formula is C19H31P. The minimum absolute atomic E-state index is 0.387. The number of benzene rings is 1. The summed E-state index contributed by atoms with van der Waals surface area (Å²) in [6.07, 6.45) is 16.3. The fraction of sp³-hybridized carbons (Fsp3) is 0.684. The summed E-state index contributed by atoms with van der Waals surface area (Å²) in [5.41, 5.74) is 1.58. The van der Waals surface area contributed by atoms with E-state index in [1.165, 1.54) is 63.7 Å². The molecule has 1 aliphatic heterocycles. The lowest BCUT2D eigenvalue weighted by Gasteiger charge is -2.29. The molecule has 2 rings (SSSR count). The Kier molecular flexibility index (Phi) is 7.66. The Morgan fingerprint density at radius 1 is 0.900 bits per heavy atom. The zero-order valence-corrected chi connectivity index (χ0v) is 14.1. The Balaban J connectivity index is 1.58. The predicted octanol–water partition coefficient (Wildman–Crippen LogP) is 6.41. The molecule has 0 amide bonds. The summed E-state index contributed by atoms with van der Waals surface area (Å²) in [5, 5.41) is 0. The molecule has 0 N–H and O–H groups in total. The monoisotopic (exact) mass is 290 g/mol. The summed E-state index contributed by atoms with van der Waals surface area (Å²) in [7, 11) is 0.387. The quantitative estimate of drug-likeness (QED) is 0.383. The summed E-state index contributed by atoms with van der Waals surface area (Å²) in [6, 6.07) is 11.2. The lowest BCUT2D eigenvalue weighted by Crippen LogP contribution is -2.11. The molecule has 0 aliphatic carbocycles. The molecule has 0 bridgehead atoms. The highest BCUT2D eigenvalue weighted by Crippen LogP contribution is 2.46. The normalized spacial score (nSPS) is 22.9. The van der Waals surface area contributed by atoms with Crippen molar-refractivity contribution in [3.8, 4) is 0 Å². The van der Waals surface area contributed by atoms with E-state index in [4.69, 9.17) is 0 Å². The third kappa shape index (κ3) is 5.57. The van der Waals surface area contributed by atoms with E-state index in [1.54, 1.807) is 11.7 Å². The highest BCUT2D eigenvalue weighted by molar-refractivity contribution is 7.57. The molecule has 1 aliphatic rings. The molecule has 1 heterocycles. The van der Waals surface area contributed by atoms with Gasteiger partial charge < -0.3 is 0 Å². The van der Waals surface area contributed by atoms with Crippen LogP contribution < -0.4 is 0 Å². The zero-order valence-electron chi connectivity index (χ0n) is 13.2. The molecule has 0 atom stereocenters. The van der Waals surface area contributed by atoms with E-state index in [1.807, 2.05) is 0 Å². The van der Waals surface area contributed by atoms with Gasteiger partial charge in [-0.3, -0.25) is 0 Å². The topological polar surface area (TPSA) is 0 Å². The Morgan fingerprint density at radius 3 is 2.25 bits per heavy atom. The smallest absolute Gasteiger partial charge is 0.0155 e. The van der Waals surface area contributed by atoms with Crippen molar-refractivity contribution < 1.29 is 0 Å². The molecule has 0 aromatic heterocycles. The first-order valence-corrected chi connectivity index (χ1v) is 10.6. The molecule has 0 nitrogen and oxygen atoms in total. The van der Waals surface area contributed by atoms with Crippen molar-refractivity contribution in [2.75, 3.05) is 18.5 Å². The van der Waals surface area contributed by atoms with Gasteiger partial charge in [-0.25, -0.2) is 0 Å². The minimum atomic E-state index is 0.387. The van der Waals surface area contributed by atoms with Crippen molar-refractivity contribution in [1.29, 1.82) is 0 Å². The molecule has 1 fully saturated rings. The SMILES string of the molecule is CCCCCCCCP1CCC(c2ccccc2)CC1. The van der Waals surface area contributed by atoms with Crippen LogP contribution in [0.2, 0.25) is 0 Å². The second-order valence-corrected chi connectivity index (χ2v) is 8.98. The third-order valence-corrected chi connectivity index (χ3v) is 7.42. The first kappa shape index (κ1) is 16.0. The Morgan fingerprint density at radius 2 is 1.55 bits per heavy atom. The zero-order chi connectivity index (χ0) is 14.0. The van der Waals surface area contributed by atoms with E-state index in [9.17, 15) is 0 Å². The van der Waals surface area contributed by atoms with Crippen LogP contribution >= 0.6 is 7.92 Å². The number of rotatable bonds is 8. The molecule has 0 unspecified atom stereocenters. The first-order chi connectivity index (χ1) is 9.90. The van der Waals surface area contributed by atoms with E-state index in [2.05, 4.69) is 37.3 Å². The average Bonchev–Trinajstić information content (AvgIpc) is 2.52. The van der Waals surface area contributed by atoms with Crippen LogP contribution in [0.5, 0.6) is 0 Å². The fourth-order valence-corrected chi connectivity index (χ4v) is 6.03. The van der Waals surface area contributed by atoms with Crippen molar-refractivity contribution in [1.82, 2.24) is 0 Å². The van der Waals surface area contributed by atoms with Crippen LogP contribution in [0, 0.1) is 0 Å². The maximum Gasteiger partial charge on any atom is -0.0155 e. The maximum absolute atomic E-state index is 2.33. The van der Waals surface area contributed by atoms with Gasteiger partial charge in [-0.15, -0.1) is 7.92 Å². The highest BCUT2D eigenvalue weighted by Gasteiger charge is 2.21. The van der Waals surface area contributed by atoms with Gasteiger partial charge in [-0.2, -0.15) is 0 Å². The molecule has 1 aromatic rings. The second kappa shape index (κ2) is 9.56. The minimum Gasteiger partial charge on any atom is -0.107 e. The van der Waals surface area contributed by atoms with Crippen molar-refractivity contribution in [2.24, 2.45) is 0 Å². The van der Waals surface area contributed by atoms with Gasteiger partial charge in [0.05, 0.1) is 0 Å². The summed E-state index contributed by atoms with van der Waals surface area (Å²) in [4.78, 5) is 0. The van der Waals surface area contributed by atoms with Crippen LogP contribution in [-0.4, -0.2) is 18.5 Å². The molecule has 1 saturated heterocycles. The van der Waals surface area contributed by atoms with E-state index >= 15 is 0 Å². The molecule has 112 valence electrons. The molecule has 0 spiro atoms. The number of unbranched alkanes of at least 4 members (excludes halogenated alkanes) is 5. The summed E-state index contributed by atoms with van der Waals surface area (Å²) >= 11 is 0. The fourth-order valence-electron chi connectivity index (χ4n) is 3.33. The molecule has 0 saturated carbocycles. The summed E-state index contributed by atoms with van der Waals surface area (Å²) in [5.74, 6) is 0.861. The standard InChI is InChI=1S/C19H31P/c1-2-3-4-5-6-10-15-20-16-13-19(14-17-20)18-11-8-7-9-12-18/h7-9,11-12,19H,2-6,10,13-17H2,1H3. The first-order valence-electron chi connectivity index (χ1n) is 8.67. The van der Waals surface area contributed by atoms with Crippen LogP contribution in [0.3, 0.4) is 0 Å². The lowest BCUT2D eigenvalue weighted by molar-refractivity contribution is 0.615. The predicted molar refractivity (Wildman–Crippen MR) is 93.3 cm³/mol. The van der Waals surface area contributed by atoms with Gasteiger partial charge in [-0.05, 0) is 49.2 Å². The second-order valence-electron chi connectivity index (χ2n) is 6.29. The molecule has 1 heteroatoms. The third-order valence-electron chi connectivity index (χ3n) is 4.69. The summed E-state index contributed by atoms with van der Waals surface area (Å²) < 4.78 is 0. The van der Waals surface area contributed by atoms with Gasteiger partial charge in [0, 0.05) is 0 Å². The Hall–Kier alpha value is -0.350. The van der Waals surface area contributed by atoms with Crippen molar-refractivity contribution >= 4 is 7.92 Å². The van der Waals surface area contributed by atoms with Gasteiger partial charge >= 0.3 is 0 Å². The van der Waals surface area contributed by atoms with Crippen LogP contribution in [0.25, 0.3) is 0 Å². The molecule has 1 aromatic carbocycles. The van der Waals surface area contributed by atoms with Crippen LogP contribution in [0.4, 0.5) is 0 Å². The van der Waals surface area contributed by atoms with Crippen molar-refractivity contribution in [3.05, 3.63) is 35.9 Å². The maximum atomic E-state index is 2.33. The average molecular weight is 290 g/mol. The van der Waals surface area contributed by atoms with E-state index in [0.29, 0.717) is 7.92 Å². The molecular weight excluding hydrogens is 259 g/mol. The molecule has 0 radical (unpaired) electrons. The largest absolute Gasteiger partial charge is 0.107 e. The van der Waals surface area contributed by atoms with Gasteiger partial charge in [-0.1, -0.05) is 69.4 Å². The number of hydrogen-bond acceptors (Lipinski definition) is 0. The van der Waals surface area contributed by atoms with Crippen molar-refractivity contribution in [3.63, 3.8) is 0 Å². The van der Waals surface area contributed by atoms with Crippen LogP contribution in [0.15, 0.2) is 30.3 Å². The van der Waals surface area contributed by atoms with Gasteiger partial charge in [0.2, 0.25) is 0 Å².